The molecule has 0 aliphatic heterocycles. The zero-order valence-corrected chi connectivity index (χ0v) is 15.1. The number of nitrogens with two attached hydrogens (primary N) is 1. The van der Waals surface area contributed by atoms with Crippen molar-refractivity contribution >= 4 is 45.1 Å². The number of aryl methyl sites for hydroxylation is 1. The molecule has 0 aliphatic carbocycles. The van der Waals surface area contributed by atoms with E-state index in [1.165, 1.54) is 25.7 Å². The Labute approximate surface area is 149 Å². The van der Waals surface area contributed by atoms with E-state index in [1.807, 2.05) is 18.2 Å². The van der Waals surface area contributed by atoms with Crippen molar-refractivity contribution in [2.24, 2.45) is 5.73 Å². The van der Waals surface area contributed by atoms with Crippen molar-refractivity contribution in [2.45, 2.75) is 19.3 Å². The van der Waals surface area contributed by atoms with Gasteiger partial charge in [0.05, 0.1) is 0 Å². The fourth-order valence-electron chi connectivity index (χ4n) is 2.82. The van der Waals surface area contributed by atoms with Crippen molar-refractivity contribution in [3.63, 3.8) is 0 Å². The van der Waals surface area contributed by atoms with Crippen LogP contribution in [0.1, 0.15) is 18.4 Å². The van der Waals surface area contributed by atoms with Crippen LogP contribution < -0.4 is 5.73 Å². The topological polar surface area (TPSA) is 41.8 Å². The van der Waals surface area contributed by atoms with Gasteiger partial charge >= 0.3 is 0 Å². The Morgan fingerprint density at radius 1 is 1.09 bits per heavy atom. The third kappa shape index (κ3) is 3.31. The molecule has 1 aromatic heterocycles. The summed E-state index contributed by atoms with van der Waals surface area (Å²) in [6, 6.07) is 14.6. The average Bonchev–Trinajstić information content (AvgIpc) is 2.86. The molecular weight excluding hydrogens is 407 g/mol. The monoisotopic (exact) mass is 424 g/mol. The molecule has 2 aromatic carbocycles. The normalized spacial score (nSPS) is 11.2. The Morgan fingerprint density at radius 2 is 1.95 bits per heavy atom. The van der Waals surface area contributed by atoms with Gasteiger partial charge in [-0.25, -0.2) is 0 Å². The largest absolute Gasteiger partial charge is 0.354 e. The van der Waals surface area contributed by atoms with Crippen LogP contribution >= 0.6 is 34.2 Å². The maximum Gasteiger partial charge on any atom is 0.0497 e. The number of nitrogens with one attached hydrogen (secondary N) is 1. The van der Waals surface area contributed by atoms with Crippen LogP contribution in [0.2, 0.25) is 5.02 Å². The number of hydrogen-bond donors (Lipinski definition) is 2. The fourth-order valence-corrected chi connectivity index (χ4v) is 3.50. The van der Waals surface area contributed by atoms with Crippen LogP contribution in [0.25, 0.3) is 22.2 Å². The zero-order chi connectivity index (χ0) is 15.5. The second-order valence-corrected chi connectivity index (χ2v) is 7.11. The first kappa shape index (κ1) is 15.8. The Bertz CT molecular complexity index is 795. The lowest BCUT2D eigenvalue weighted by atomic mass is 10.0. The maximum absolute atomic E-state index is 6.17. The molecule has 0 saturated carbocycles. The summed E-state index contributed by atoms with van der Waals surface area (Å²) in [6.45, 7) is 0.742. The molecule has 4 heteroatoms. The maximum atomic E-state index is 6.17. The number of unbranched alkanes of at least 4 members (excludes halogenated alkanes) is 1. The molecule has 0 bridgehead atoms. The predicted molar refractivity (Wildman–Crippen MR) is 103 cm³/mol. The molecule has 1 heterocycles. The highest BCUT2D eigenvalue weighted by Crippen LogP contribution is 2.33. The van der Waals surface area contributed by atoms with Gasteiger partial charge in [-0.1, -0.05) is 23.7 Å². The van der Waals surface area contributed by atoms with Crippen molar-refractivity contribution < 1.29 is 0 Å². The Morgan fingerprint density at radius 3 is 2.73 bits per heavy atom. The summed E-state index contributed by atoms with van der Waals surface area (Å²) >= 11 is 8.53. The number of hydrogen-bond acceptors (Lipinski definition) is 1. The van der Waals surface area contributed by atoms with Crippen LogP contribution in [0.4, 0.5) is 0 Å². The number of benzene rings is 2. The highest BCUT2D eigenvalue weighted by Gasteiger charge is 2.13. The summed E-state index contributed by atoms with van der Waals surface area (Å²) in [5.41, 5.74) is 10.5. The van der Waals surface area contributed by atoms with E-state index in [0.717, 1.165) is 36.4 Å². The van der Waals surface area contributed by atoms with E-state index in [2.05, 4.69) is 51.8 Å². The summed E-state index contributed by atoms with van der Waals surface area (Å²) in [6.07, 6.45) is 3.17. The standard InChI is InChI=1S/C18H18ClIN2/c19-13-5-3-4-12(10-13)18-15(6-1-2-9-21)16-11-14(20)7-8-17(16)22-18/h3-5,7-8,10-11,22H,1-2,6,9,21H2. The van der Waals surface area contributed by atoms with Gasteiger partial charge in [0.2, 0.25) is 0 Å². The van der Waals surface area contributed by atoms with Gasteiger partial charge in [-0.3, -0.25) is 0 Å². The summed E-state index contributed by atoms with van der Waals surface area (Å²) in [5, 5.41) is 2.07. The first-order chi connectivity index (χ1) is 10.7. The molecule has 0 amide bonds. The first-order valence-corrected chi connectivity index (χ1v) is 8.91. The number of aromatic nitrogens is 1. The van der Waals surface area contributed by atoms with E-state index >= 15 is 0 Å². The molecule has 3 N–H and O–H groups in total. The minimum absolute atomic E-state index is 0.742. The van der Waals surface area contributed by atoms with Gasteiger partial charge in [-0.2, -0.15) is 0 Å². The van der Waals surface area contributed by atoms with Gasteiger partial charge in [0, 0.05) is 25.2 Å². The molecule has 0 radical (unpaired) electrons. The van der Waals surface area contributed by atoms with Gasteiger partial charge in [0.15, 0.2) is 0 Å². The fraction of sp³-hybridized carbons (Fsp3) is 0.222. The van der Waals surface area contributed by atoms with E-state index < -0.39 is 0 Å². The Kier molecular flexibility index (Phi) is 5.06. The van der Waals surface area contributed by atoms with Crippen LogP contribution in [0.5, 0.6) is 0 Å². The number of aromatic amines is 1. The number of fused-ring (bicyclic) bond motifs is 1. The minimum atomic E-state index is 0.742. The van der Waals surface area contributed by atoms with Crippen molar-refractivity contribution in [2.75, 3.05) is 6.54 Å². The van der Waals surface area contributed by atoms with Crippen molar-refractivity contribution in [1.29, 1.82) is 0 Å². The molecule has 114 valence electrons. The summed E-state index contributed by atoms with van der Waals surface area (Å²) in [4.78, 5) is 3.57. The summed E-state index contributed by atoms with van der Waals surface area (Å²) in [5.74, 6) is 0. The Hall–Kier alpha value is -1.04. The molecule has 0 fully saturated rings. The van der Waals surface area contributed by atoms with Crippen LogP contribution in [0.15, 0.2) is 42.5 Å². The molecule has 0 saturated heterocycles. The van der Waals surface area contributed by atoms with Crippen molar-refractivity contribution in [1.82, 2.24) is 4.98 Å². The highest BCUT2D eigenvalue weighted by atomic mass is 127. The van der Waals surface area contributed by atoms with Gasteiger partial charge in [-0.15, -0.1) is 0 Å². The molecule has 22 heavy (non-hydrogen) atoms. The lowest BCUT2D eigenvalue weighted by molar-refractivity contribution is 0.748. The highest BCUT2D eigenvalue weighted by molar-refractivity contribution is 14.1. The summed E-state index contributed by atoms with van der Waals surface area (Å²) < 4.78 is 1.25. The quantitative estimate of drug-likeness (QED) is 0.419. The lowest BCUT2D eigenvalue weighted by Gasteiger charge is -2.06. The Balaban J connectivity index is 2.13. The number of rotatable bonds is 5. The molecule has 0 unspecified atom stereocenters. The molecule has 0 spiro atoms. The van der Waals surface area contributed by atoms with Crippen LogP contribution in [0, 0.1) is 3.57 Å². The van der Waals surface area contributed by atoms with E-state index in [1.54, 1.807) is 0 Å². The molecule has 3 rings (SSSR count). The minimum Gasteiger partial charge on any atom is -0.354 e. The number of halogens is 2. The van der Waals surface area contributed by atoms with Crippen LogP contribution in [-0.4, -0.2) is 11.5 Å². The third-order valence-electron chi connectivity index (χ3n) is 3.86. The van der Waals surface area contributed by atoms with Crippen molar-refractivity contribution in [3.05, 3.63) is 56.6 Å². The predicted octanol–water partition coefficient (Wildman–Crippen LogP) is 5.37. The van der Waals surface area contributed by atoms with Crippen LogP contribution in [0.3, 0.4) is 0 Å². The van der Waals surface area contributed by atoms with E-state index in [4.69, 9.17) is 17.3 Å². The SMILES string of the molecule is NCCCCc1c(-c2cccc(Cl)c2)[nH]c2ccc(I)cc12. The van der Waals surface area contributed by atoms with E-state index in [9.17, 15) is 0 Å². The van der Waals surface area contributed by atoms with Gasteiger partial charge in [-0.05, 0) is 89.9 Å². The second-order valence-electron chi connectivity index (χ2n) is 5.42. The van der Waals surface area contributed by atoms with Crippen LogP contribution in [-0.2, 0) is 6.42 Å². The third-order valence-corrected chi connectivity index (χ3v) is 4.77. The average molecular weight is 425 g/mol. The number of H-pyrrole nitrogens is 1. The van der Waals surface area contributed by atoms with Gasteiger partial charge in [0.25, 0.3) is 0 Å². The first-order valence-electron chi connectivity index (χ1n) is 7.45. The van der Waals surface area contributed by atoms with Crippen molar-refractivity contribution in [3.8, 4) is 11.3 Å². The van der Waals surface area contributed by atoms with Gasteiger partial charge in [0.1, 0.15) is 0 Å². The summed E-state index contributed by atoms with van der Waals surface area (Å²) in [7, 11) is 0. The lowest BCUT2D eigenvalue weighted by Crippen LogP contribution is -1.99. The smallest absolute Gasteiger partial charge is 0.0497 e. The van der Waals surface area contributed by atoms with Gasteiger partial charge < -0.3 is 10.7 Å². The second kappa shape index (κ2) is 7.02. The molecule has 0 atom stereocenters. The van der Waals surface area contributed by atoms with E-state index in [0.29, 0.717) is 0 Å². The molecule has 3 aromatic rings. The van der Waals surface area contributed by atoms with E-state index in [-0.39, 0.29) is 0 Å². The molecular formula is C18H18ClIN2. The molecule has 2 nitrogen and oxygen atoms in total. The molecule has 0 aliphatic rings. The zero-order valence-electron chi connectivity index (χ0n) is 12.2.